The van der Waals surface area contributed by atoms with Crippen LogP contribution >= 0.6 is 22.9 Å². The van der Waals surface area contributed by atoms with Gasteiger partial charge in [0.25, 0.3) is 5.91 Å². The quantitative estimate of drug-likeness (QED) is 0.903. The summed E-state index contributed by atoms with van der Waals surface area (Å²) in [6.07, 6.45) is 0.749. The molecule has 0 aliphatic carbocycles. The number of carbonyl (C=O) groups is 1. The molecule has 7 heteroatoms. The third kappa shape index (κ3) is 3.45. The second-order valence-electron chi connectivity index (χ2n) is 4.95. The zero-order valence-corrected chi connectivity index (χ0v) is 13.6. The van der Waals surface area contributed by atoms with E-state index in [0.29, 0.717) is 24.1 Å². The van der Waals surface area contributed by atoms with E-state index in [1.165, 1.54) is 11.3 Å². The molecular weight excluding hydrogens is 320 g/mol. The Balaban J connectivity index is 1.72. The smallest absolute Gasteiger partial charge is 0.292 e. The van der Waals surface area contributed by atoms with E-state index in [2.05, 4.69) is 20.6 Å². The molecule has 2 aromatic rings. The molecular formula is C15H15ClN4OS. The van der Waals surface area contributed by atoms with Gasteiger partial charge in [0.2, 0.25) is 0 Å². The summed E-state index contributed by atoms with van der Waals surface area (Å²) >= 11 is 7.49. The number of nitrogens with zero attached hydrogens (tertiary/aromatic N) is 2. The Morgan fingerprint density at radius 2 is 2.36 bits per heavy atom. The zero-order valence-electron chi connectivity index (χ0n) is 12.0. The van der Waals surface area contributed by atoms with Gasteiger partial charge in [-0.1, -0.05) is 23.7 Å². The molecule has 5 nitrogen and oxygen atoms in total. The summed E-state index contributed by atoms with van der Waals surface area (Å²) < 4.78 is 0. The van der Waals surface area contributed by atoms with Gasteiger partial charge in [0.05, 0.1) is 12.2 Å². The van der Waals surface area contributed by atoms with Crippen molar-refractivity contribution in [3.05, 3.63) is 45.4 Å². The van der Waals surface area contributed by atoms with E-state index in [4.69, 9.17) is 11.6 Å². The molecule has 2 N–H and O–H groups in total. The van der Waals surface area contributed by atoms with Crippen molar-refractivity contribution in [1.82, 2.24) is 10.3 Å². The molecule has 0 saturated carbocycles. The lowest BCUT2D eigenvalue weighted by Gasteiger charge is -2.01. The highest BCUT2D eigenvalue weighted by atomic mass is 35.5. The molecule has 22 heavy (non-hydrogen) atoms. The summed E-state index contributed by atoms with van der Waals surface area (Å²) in [5.74, 6) is 0.143. The van der Waals surface area contributed by atoms with E-state index in [0.717, 1.165) is 27.6 Å². The van der Waals surface area contributed by atoms with E-state index >= 15 is 0 Å². The number of amides is 1. The predicted molar refractivity (Wildman–Crippen MR) is 90.0 cm³/mol. The van der Waals surface area contributed by atoms with Gasteiger partial charge in [-0.3, -0.25) is 15.1 Å². The Hall–Kier alpha value is -1.92. The number of benzene rings is 1. The molecule has 0 saturated heterocycles. The van der Waals surface area contributed by atoms with Crippen LogP contribution in [-0.2, 0) is 11.2 Å². The fourth-order valence-corrected chi connectivity index (χ4v) is 3.39. The molecule has 0 unspecified atom stereocenters. The first kappa shape index (κ1) is 15.0. The van der Waals surface area contributed by atoms with Gasteiger partial charge in [0.1, 0.15) is 0 Å². The van der Waals surface area contributed by atoms with Crippen LogP contribution in [-0.4, -0.2) is 29.8 Å². The molecule has 1 aliphatic rings. The Labute approximate surface area is 137 Å². The van der Waals surface area contributed by atoms with Gasteiger partial charge in [-0.05, 0) is 24.6 Å². The summed E-state index contributed by atoms with van der Waals surface area (Å²) in [5.41, 5.74) is 2.04. The lowest BCUT2D eigenvalue weighted by Crippen LogP contribution is -2.32. The van der Waals surface area contributed by atoms with Crippen LogP contribution in [0, 0.1) is 6.92 Å². The molecule has 1 aromatic heterocycles. The standard InChI is InChI=1S/C15H15ClN4OS/c1-9-12(8-10-3-2-4-11(16)7-10)22-15(19-9)20-14(21)13-17-5-6-18-13/h2-4,7H,5-6,8H2,1H3,(H,17,18)(H,19,20,21). The van der Waals surface area contributed by atoms with E-state index in [1.807, 2.05) is 31.2 Å². The summed E-state index contributed by atoms with van der Waals surface area (Å²) in [6, 6.07) is 7.75. The van der Waals surface area contributed by atoms with Crippen molar-refractivity contribution < 1.29 is 4.79 Å². The highest BCUT2D eigenvalue weighted by Gasteiger charge is 2.17. The van der Waals surface area contributed by atoms with E-state index in [1.54, 1.807) is 0 Å². The fraction of sp³-hybridized carbons (Fsp3) is 0.267. The van der Waals surface area contributed by atoms with Crippen LogP contribution in [0.4, 0.5) is 5.13 Å². The topological polar surface area (TPSA) is 66.4 Å². The van der Waals surface area contributed by atoms with Crippen molar-refractivity contribution in [3.8, 4) is 0 Å². The molecule has 0 bridgehead atoms. The van der Waals surface area contributed by atoms with Crippen LogP contribution in [0.15, 0.2) is 29.3 Å². The molecule has 2 heterocycles. The molecule has 0 fully saturated rings. The van der Waals surface area contributed by atoms with Crippen molar-refractivity contribution >= 4 is 39.8 Å². The predicted octanol–water partition coefficient (Wildman–Crippen LogP) is 2.64. The summed E-state index contributed by atoms with van der Waals surface area (Å²) in [5, 5.41) is 7.05. The van der Waals surface area contributed by atoms with Crippen LogP contribution in [0.5, 0.6) is 0 Å². The van der Waals surface area contributed by atoms with Gasteiger partial charge in [0.15, 0.2) is 11.0 Å². The number of halogens is 1. The van der Waals surface area contributed by atoms with Crippen molar-refractivity contribution in [3.63, 3.8) is 0 Å². The van der Waals surface area contributed by atoms with Crippen molar-refractivity contribution in [2.45, 2.75) is 13.3 Å². The summed E-state index contributed by atoms with van der Waals surface area (Å²) in [7, 11) is 0. The third-order valence-electron chi connectivity index (χ3n) is 3.26. The lowest BCUT2D eigenvalue weighted by molar-refractivity contribution is -0.110. The second-order valence-corrected chi connectivity index (χ2v) is 6.47. The molecule has 3 rings (SSSR count). The van der Waals surface area contributed by atoms with Crippen LogP contribution in [0.1, 0.15) is 16.1 Å². The maximum atomic E-state index is 12.0. The van der Waals surface area contributed by atoms with Crippen molar-refractivity contribution in [2.75, 3.05) is 18.4 Å². The first-order valence-electron chi connectivity index (χ1n) is 6.92. The number of thiazole rings is 1. The second kappa shape index (κ2) is 6.46. The molecule has 114 valence electrons. The third-order valence-corrected chi connectivity index (χ3v) is 4.56. The molecule has 0 atom stereocenters. The van der Waals surface area contributed by atoms with Gasteiger partial charge >= 0.3 is 0 Å². The number of hydrogen-bond donors (Lipinski definition) is 2. The number of aromatic nitrogens is 1. The largest absolute Gasteiger partial charge is 0.364 e. The maximum absolute atomic E-state index is 12.0. The minimum Gasteiger partial charge on any atom is -0.364 e. The van der Waals surface area contributed by atoms with Crippen LogP contribution in [0.2, 0.25) is 5.02 Å². The molecule has 0 spiro atoms. The minimum atomic E-state index is -0.236. The van der Waals surface area contributed by atoms with E-state index in [9.17, 15) is 4.79 Å². The Morgan fingerprint density at radius 1 is 1.50 bits per heavy atom. The SMILES string of the molecule is Cc1nc(NC(=O)C2=NCCN2)sc1Cc1cccc(Cl)c1. The van der Waals surface area contributed by atoms with Crippen molar-refractivity contribution in [2.24, 2.45) is 4.99 Å². The minimum absolute atomic E-state index is 0.236. The fourth-order valence-electron chi connectivity index (χ4n) is 2.18. The highest BCUT2D eigenvalue weighted by molar-refractivity contribution is 7.16. The maximum Gasteiger partial charge on any atom is 0.292 e. The van der Waals surface area contributed by atoms with Crippen LogP contribution < -0.4 is 10.6 Å². The number of amidine groups is 1. The van der Waals surface area contributed by atoms with Gasteiger partial charge in [0, 0.05) is 22.9 Å². The number of anilines is 1. The summed E-state index contributed by atoms with van der Waals surface area (Å²) in [4.78, 5) is 21.6. The highest BCUT2D eigenvalue weighted by Crippen LogP contribution is 2.26. The normalized spacial score (nSPS) is 13.6. The number of carbonyl (C=O) groups excluding carboxylic acids is 1. The van der Waals surface area contributed by atoms with Gasteiger partial charge in [-0.2, -0.15) is 0 Å². The van der Waals surface area contributed by atoms with Crippen molar-refractivity contribution in [1.29, 1.82) is 0 Å². The summed E-state index contributed by atoms with van der Waals surface area (Å²) in [6.45, 7) is 3.29. The molecule has 1 aromatic carbocycles. The zero-order chi connectivity index (χ0) is 15.5. The average Bonchev–Trinajstić information content (AvgIpc) is 3.10. The van der Waals surface area contributed by atoms with Gasteiger partial charge in [-0.25, -0.2) is 4.98 Å². The van der Waals surface area contributed by atoms with E-state index < -0.39 is 0 Å². The monoisotopic (exact) mass is 334 g/mol. The number of rotatable bonds is 4. The lowest BCUT2D eigenvalue weighted by atomic mass is 10.1. The Bertz CT molecular complexity index is 741. The van der Waals surface area contributed by atoms with Gasteiger partial charge < -0.3 is 5.32 Å². The number of hydrogen-bond acceptors (Lipinski definition) is 5. The van der Waals surface area contributed by atoms with Gasteiger partial charge in [-0.15, -0.1) is 11.3 Å². The molecule has 1 amide bonds. The van der Waals surface area contributed by atoms with Crippen LogP contribution in [0.25, 0.3) is 0 Å². The van der Waals surface area contributed by atoms with E-state index in [-0.39, 0.29) is 5.91 Å². The first-order chi connectivity index (χ1) is 10.6. The Morgan fingerprint density at radius 3 is 3.09 bits per heavy atom. The van der Waals surface area contributed by atoms with Crippen LogP contribution in [0.3, 0.4) is 0 Å². The molecule has 0 radical (unpaired) electrons. The number of aliphatic imine (C=N–C) groups is 1. The Kier molecular flexibility index (Phi) is 4.40. The number of nitrogens with one attached hydrogen (secondary N) is 2. The number of aryl methyl sites for hydroxylation is 1. The average molecular weight is 335 g/mol. The first-order valence-corrected chi connectivity index (χ1v) is 8.11. The molecule has 1 aliphatic heterocycles.